The number of ether oxygens (including phenoxy) is 3. The molecular formula is C35H38N4O6. The fourth-order valence-electron chi connectivity index (χ4n) is 6.46. The van der Waals surface area contributed by atoms with E-state index in [0.717, 1.165) is 53.2 Å². The highest BCUT2D eigenvalue weighted by molar-refractivity contribution is 6.09. The Morgan fingerprint density at radius 2 is 1.67 bits per heavy atom. The van der Waals surface area contributed by atoms with Crippen LogP contribution in [0.3, 0.4) is 0 Å². The summed E-state index contributed by atoms with van der Waals surface area (Å²) in [4.78, 5) is 28.0. The zero-order valence-electron chi connectivity index (χ0n) is 25.7. The minimum atomic E-state index is -0.418. The van der Waals surface area contributed by atoms with Gasteiger partial charge in [0, 0.05) is 30.6 Å². The van der Waals surface area contributed by atoms with Crippen molar-refractivity contribution >= 4 is 29.1 Å². The summed E-state index contributed by atoms with van der Waals surface area (Å²) in [5.41, 5.74) is 4.59. The highest BCUT2D eigenvalue weighted by Gasteiger charge is 2.44. The fraction of sp³-hybridized carbons (Fsp3) is 0.371. The van der Waals surface area contributed by atoms with Crippen molar-refractivity contribution in [1.82, 2.24) is 5.01 Å². The fourth-order valence-corrected chi connectivity index (χ4v) is 6.46. The number of fused-ring (bicyclic) bond motifs is 1. The van der Waals surface area contributed by atoms with Crippen LogP contribution in [0.25, 0.3) is 6.08 Å². The van der Waals surface area contributed by atoms with E-state index in [2.05, 4.69) is 6.08 Å². The molecule has 6 rings (SSSR count). The molecule has 2 aliphatic heterocycles. The number of hydrogen-bond donors (Lipinski definition) is 0. The first-order valence-corrected chi connectivity index (χ1v) is 15.7. The zero-order valence-corrected chi connectivity index (χ0v) is 25.7. The van der Waals surface area contributed by atoms with Crippen LogP contribution >= 0.6 is 0 Å². The van der Waals surface area contributed by atoms with Crippen LogP contribution in [-0.2, 0) is 4.74 Å². The van der Waals surface area contributed by atoms with Crippen LogP contribution in [0.5, 0.6) is 11.5 Å². The molecule has 234 valence electrons. The Morgan fingerprint density at radius 3 is 2.31 bits per heavy atom. The summed E-state index contributed by atoms with van der Waals surface area (Å²) in [6.07, 6.45) is 4.82. The number of nitro benzene ring substituents is 1. The van der Waals surface area contributed by atoms with E-state index in [1.807, 2.05) is 67.3 Å². The molecule has 45 heavy (non-hydrogen) atoms. The number of carbonyl (C=O) groups is 1. The molecule has 1 aliphatic carbocycles. The van der Waals surface area contributed by atoms with Gasteiger partial charge in [0.1, 0.15) is 17.2 Å². The van der Waals surface area contributed by atoms with E-state index in [1.165, 1.54) is 6.07 Å². The van der Waals surface area contributed by atoms with Crippen molar-refractivity contribution in [2.45, 2.75) is 39.2 Å². The van der Waals surface area contributed by atoms with Crippen molar-refractivity contribution in [2.75, 3.05) is 44.4 Å². The number of amides is 1. The molecule has 2 fully saturated rings. The Bertz CT molecular complexity index is 1600. The molecule has 0 radical (unpaired) electrons. The van der Waals surface area contributed by atoms with E-state index in [4.69, 9.17) is 19.3 Å². The number of nitrogens with zero attached hydrogens (tertiary/aromatic N) is 4. The number of hydrazone groups is 1. The first kappa shape index (κ1) is 30.3. The first-order chi connectivity index (χ1) is 22.0. The van der Waals surface area contributed by atoms with Crippen molar-refractivity contribution in [3.8, 4) is 11.5 Å². The lowest BCUT2D eigenvalue weighted by atomic mass is 9.77. The molecular weight excluding hydrogens is 572 g/mol. The monoisotopic (exact) mass is 610 g/mol. The predicted molar refractivity (Wildman–Crippen MR) is 173 cm³/mol. The molecule has 0 N–H and O–H groups in total. The molecule has 1 saturated heterocycles. The van der Waals surface area contributed by atoms with E-state index >= 15 is 0 Å². The zero-order chi connectivity index (χ0) is 31.3. The van der Waals surface area contributed by atoms with Crippen molar-refractivity contribution in [2.24, 2.45) is 11.0 Å². The molecule has 1 saturated carbocycles. The van der Waals surface area contributed by atoms with Crippen LogP contribution in [-0.4, -0.2) is 61.1 Å². The molecule has 0 bridgehead atoms. The highest BCUT2D eigenvalue weighted by atomic mass is 16.6. The van der Waals surface area contributed by atoms with Gasteiger partial charge in [0.05, 0.1) is 43.1 Å². The highest BCUT2D eigenvalue weighted by Crippen LogP contribution is 2.45. The number of hydrogen-bond acceptors (Lipinski definition) is 8. The number of morpholine rings is 1. The van der Waals surface area contributed by atoms with Gasteiger partial charge in [0.25, 0.3) is 11.6 Å². The standard InChI is InChI=1S/C35H38N4O6/c1-3-44-28-13-8-24(9-14-28)22-26-6-5-7-30-33(26)36-38(34(30)25-10-15-29(16-11-25)45-4-2)35(40)27-12-17-31(32(23-27)39(41)42)37-18-20-43-21-19-37/h8-17,22-23,30,34H,3-7,18-21H2,1-2H3/b26-22-/t30-,34-/m1/s1. The van der Waals surface area contributed by atoms with Gasteiger partial charge in [-0.15, -0.1) is 0 Å². The lowest BCUT2D eigenvalue weighted by Crippen LogP contribution is -2.36. The van der Waals surface area contributed by atoms with Crippen LogP contribution in [0, 0.1) is 16.0 Å². The van der Waals surface area contributed by atoms with Crippen LogP contribution in [0.4, 0.5) is 11.4 Å². The maximum Gasteiger partial charge on any atom is 0.293 e. The van der Waals surface area contributed by atoms with Gasteiger partial charge in [-0.25, -0.2) is 5.01 Å². The summed E-state index contributed by atoms with van der Waals surface area (Å²) in [6.45, 7) is 7.17. The van der Waals surface area contributed by atoms with Gasteiger partial charge in [0.15, 0.2) is 0 Å². The van der Waals surface area contributed by atoms with Gasteiger partial charge in [-0.2, -0.15) is 5.10 Å². The molecule has 3 aromatic carbocycles. The average molecular weight is 611 g/mol. The SMILES string of the molecule is CCOc1ccc(/C=C2/CCC[C@@H]3C2=NN(C(=O)c2ccc(N4CCOCC4)c([N+](=O)[O-])c2)[C@@H]3c2ccc(OCC)cc2)cc1. The molecule has 3 aromatic rings. The maximum absolute atomic E-state index is 14.3. The quantitative estimate of drug-likeness (QED) is 0.197. The third kappa shape index (κ3) is 6.42. The topological polar surface area (TPSA) is 107 Å². The molecule has 0 aromatic heterocycles. The van der Waals surface area contributed by atoms with Gasteiger partial charge >= 0.3 is 0 Å². The van der Waals surface area contributed by atoms with Crippen LogP contribution < -0.4 is 14.4 Å². The first-order valence-electron chi connectivity index (χ1n) is 15.7. The molecule has 10 heteroatoms. The normalized spacial score (nSPS) is 20.5. The van der Waals surface area contributed by atoms with Crippen molar-refractivity contribution in [3.63, 3.8) is 0 Å². The third-order valence-corrected chi connectivity index (χ3v) is 8.55. The van der Waals surface area contributed by atoms with Crippen molar-refractivity contribution in [3.05, 3.63) is 99.1 Å². The lowest BCUT2D eigenvalue weighted by molar-refractivity contribution is -0.384. The summed E-state index contributed by atoms with van der Waals surface area (Å²) >= 11 is 0. The molecule has 0 spiro atoms. The second-order valence-electron chi connectivity index (χ2n) is 11.3. The second kappa shape index (κ2) is 13.5. The molecule has 0 unspecified atom stereocenters. The van der Waals surface area contributed by atoms with E-state index in [-0.39, 0.29) is 29.1 Å². The van der Waals surface area contributed by atoms with Crippen LogP contribution in [0.15, 0.2) is 77.4 Å². The Hall–Kier alpha value is -4.70. The number of benzene rings is 3. The maximum atomic E-state index is 14.3. The number of anilines is 1. The minimum Gasteiger partial charge on any atom is -0.494 e. The van der Waals surface area contributed by atoms with Gasteiger partial charge in [0.2, 0.25) is 0 Å². The van der Waals surface area contributed by atoms with E-state index in [1.54, 1.807) is 17.1 Å². The van der Waals surface area contributed by atoms with E-state index in [0.29, 0.717) is 45.2 Å². The molecule has 2 atom stereocenters. The Kier molecular flexibility index (Phi) is 9.11. The van der Waals surface area contributed by atoms with Gasteiger partial charge < -0.3 is 19.1 Å². The number of allylic oxidation sites excluding steroid dienone is 1. The average Bonchev–Trinajstić information content (AvgIpc) is 3.47. The molecule has 1 amide bonds. The summed E-state index contributed by atoms with van der Waals surface area (Å²) < 4.78 is 16.7. The van der Waals surface area contributed by atoms with Crippen molar-refractivity contribution in [1.29, 1.82) is 0 Å². The van der Waals surface area contributed by atoms with E-state index < -0.39 is 4.92 Å². The molecule has 3 aliphatic rings. The van der Waals surface area contributed by atoms with E-state index in [9.17, 15) is 14.9 Å². The summed E-state index contributed by atoms with van der Waals surface area (Å²) in [6, 6.07) is 20.2. The molecule has 10 nitrogen and oxygen atoms in total. The van der Waals surface area contributed by atoms with Crippen LogP contribution in [0.1, 0.15) is 60.6 Å². The summed E-state index contributed by atoms with van der Waals surface area (Å²) in [5, 5.41) is 18.7. The van der Waals surface area contributed by atoms with Gasteiger partial charge in [-0.05, 0) is 92.3 Å². The summed E-state index contributed by atoms with van der Waals surface area (Å²) in [7, 11) is 0. The van der Waals surface area contributed by atoms with Gasteiger partial charge in [-0.3, -0.25) is 14.9 Å². The Balaban J connectivity index is 1.38. The summed E-state index contributed by atoms with van der Waals surface area (Å²) in [5.74, 6) is 1.19. The van der Waals surface area contributed by atoms with Gasteiger partial charge in [-0.1, -0.05) is 24.3 Å². The number of carbonyl (C=O) groups excluding carboxylic acids is 1. The van der Waals surface area contributed by atoms with Crippen molar-refractivity contribution < 1.29 is 23.9 Å². The minimum absolute atomic E-state index is 0.0165. The predicted octanol–water partition coefficient (Wildman–Crippen LogP) is 6.67. The Labute approximate surface area is 263 Å². The largest absolute Gasteiger partial charge is 0.494 e. The number of rotatable bonds is 9. The Morgan fingerprint density at radius 1 is 1.00 bits per heavy atom. The third-order valence-electron chi connectivity index (χ3n) is 8.55. The second-order valence-corrected chi connectivity index (χ2v) is 11.3. The smallest absolute Gasteiger partial charge is 0.293 e. The molecule has 2 heterocycles. The number of nitro groups is 1. The lowest BCUT2D eigenvalue weighted by Gasteiger charge is -2.30. The van der Waals surface area contributed by atoms with Crippen LogP contribution in [0.2, 0.25) is 0 Å².